The normalized spacial score (nSPS) is 20.9. The van der Waals surface area contributed by atoms with Crippen LogP contribution in [0, 0.1) is 0 Å². The average Bonchev–Trinajstić information content (AvgIpc) is 2.90. The minimum Gasteiger partial charge on any atom is -0.467 e. The second-order valence-corrected chi connectivity index (χ2v) is 4.06. The summed E-state index contributed by atoms with van der Waals surface area (Å²) in [5.41, 5.74) is 0.901. The number of carbonyl (C=O) groups is 1. The predicted molar refractivity (Wildman–Crippen MR) is 64.8 cm³/mol. The zero-order chi connectivity index (χ0) is 12.1. The molecule has 0 spiro atoms. The first-order valence-corrected chi connectivity index (χ1v) is 5.82. The van der Waals surface area contributed by atoms with E-state index in [0.29, 0.717) is 6.61 Å². The van der Waals surface area contributed by atoms with Gasteiger partial charge in [-0.2, -0.15) is 0 Å². The molecule has 1 aromatic carbocycles. The molecule has 0 amide bonds. The van der Waals surface area contributed by atoms with Gasteiger partial charge in [-0.3, -0.25) is 0 Å². The number of benzene rings is 1. The van der Waals surface area contributed by atoms with E-state index in [1.165, 1.54) is 7.11 Å². The fourth-order valence-corrected chi connectivity index (χ4v) is 2.01. The zero-order valence-electron chi connectivity index (χ0n) is 9.89. The Morgan fingerprint density at radius 3 is 2.82 bits per heavy atom. The molecule has 1 saturated heterocycles. The molecule has 17 heavy (non-hydrogen) atoms. The maximum Gasteiger partial charge on any atom is 0.331 e. The highest BCUT2D eigenvalue weighted by atomic mass is 16.5. The Bertz CT molecular complexity index is 360. The average molecular weight is 235 g/mol. The van der Waals surface area contributed by atoms with Crippen molar-refractivity contribution < 1.29 is 14.3 Å². The number of para-hydroxylation sites is 1. The van der Waals surface area contributed by atoms with Crippen LogP contribution in [0.4, 0.5) is 5.69 Å². The number of carbonyl (C=O) groups excluding carboxylic acids is 1. The topological polar surface area (TPSA) is 47.6 Å². The van der Waals surface area contributed by atoms with Crippen LogP contribution in [0.3, 0.4) is 0 Å². The molecule has 4 heteroatoms. The fraction of sp³-hybridized carbons (Fsp3) is 0.462. The molecular weight excluding hydrogens is 218 g/mol. The Labute approximate surface area is 101 Å². The van der Waals surface area contributed by atoms with Gasteiger partial charge in [-0.1, -0.05) is 18.2 Å². The third-order valence-corrected chi connectivity index (χ3v) is 2.89. The molecule has 1 N–H and O–H groups in total. The SMILES string of the molecule is COC(=O)C(Nc1ccccc1)C1CCCO1. The lowest BCUT2D eigenvalue weighted by Crippen LogP contribution is -2.41. The zero-order valence-corrected chi connectivity index (χ0v) is 9.89. The number of esters is 1. The summed E-state index contributed by atoms with van der Waals surface area (Å²) < 4.78 is 10.4. The van der Waals surface area contributed by atoms with Crippen molar-refractivity contribution in [2.75, 3.05) is 19.0 Å². The third kappa shape index (κ3) is 2.97. The fourth-order valence-electron chi connectivity index (χ4n) is 2.01. The minimum absolute atomic E-state index is 0.0948. The van der Waals surface area contributed by atoms with Gasteiger partial charge in [0.25, 0.3) is 0 Å². The molecule has 1 aliphatic rings. The van der Waals surface area contributed by atoms with Gasteiger partial charge in [-0.25, -0.2) is 4.79 Å². The number of hydrogen-bond acceptors (Lipinski definition) is 4. The Kier molecular flexibility index (Phi) is 3.98. The highest BCUT2D eigenvalue weighted by Crippen LogP contribution is 2.20. The standard InChI is InChI=1S/C13H17NO3/c1-16-13(15)12(11-8-5-9-17-11)14-10-6-3-2-4-7-10/h2-4,6-7,11-12,14H,5,8-9H2,1H3. The Morgan fingerprint density at radius 1 is 1.47 bits per heavy atom. The molecule has 0 aliphatic carbocycles. The summed E-state index contributed by atoms with van der Waals surface area (Å²) in [5.74, 6) is -0.277. The molecule has 0 saturated carbocycles. The van der Waals surface area contributed by atoms with Crippen LogP contribution in [0.1, 0.15) is 12.8 Å². The summed E-state index contributed by atoms with van der Waals surface area (Å²) in [7, 11) is 1.40. The van der Waals surface area contributed by atoms with Crippen LogP contribution < -0.4 is 5.32 Å². The first kappa shape index (κ1) is 11.9. The molecule has 0 radical (unpaired) electrons. The summed E-state index contributed by atoms with van der Waals surface area (Å²) in [5, 5.41) is 3.17. The Hall–Kier alpha value is -1.55. The van der Waals surface area contributed by atoms with Gasteiger partial charge in [0.2, 0.25) is 0 Å². The van der Waals surface area contributed by atoms with Gasteiger partial charge in [0.05, 0.1) is 13.2 Å². The molecule has 0 bridgehead atoms. The monoisotopic (exact) mass is 235 g/mol. The lowest BCUT2D eigenvalue weighted by molar-refractivity contribution is -0.144. The van der Waals surface area contributed by atoms with E-state index in [2.05, 4.69) is 5.32 Å². The highest BCUT2D eigenvalue weighted by Gasteiger charge is 2.32. The first-order valence-electron chi connectivity index (χ1n) is 5.82. The van der Waals surface area contributed by atoms with E-state index in [1.54, 1.807) is 0 Å². The lowest BCUT2D eigenvalue weighted by atomic mass is 10.1. The molecule has 0 aromatic heterocycles. The van der Waals surface area contributed by atoms with Crippen LogP contribution in [-0.4, -0.2) is 31.8 Å². The molecule has 2 unspecified atom stereocenters. The van der Waals surface area contributed by atoms with Crippen LogP contribution in [0.2, 0.25) is 0 Å². The number of anilines is 1. The van der Waals surface area contributed by atoms with Crippen LogP contribution in [0.5, 0.6) is 0 Å². The summed E-state index contributed by atoms with van der Waals surface area (Å²) in [6.45, 7) is 0.717. The van der Waals surface area contributed by atoms with Crippen molar-refractivity contribution in [2.24, 2.45) is 0 Å². The highest BCUT2D eigenvalue weighted by molar-refractivity contribution is 5.80. The van der Waals surface area contributed by atoms with Gasteiger partial charge < -0.3 is 14.8 Å². The van der Waals surface area contributed by atoms with Gasteiger partial charge in [-0.15, -0.1) is 0 Å². The number of hydrogen-bond donors (Lipinski definition) is 1. The summed E-state index contributed by atoms with van der Waals surface area (Å²) >= 11 is 0. The molecule has 1 heterocycles. The van der Waals surface area contributed by atoms with Crippen LogP contribution in [0.15, 0.2) is 30.3 Å². The number of nitrogens with one attached hydrogen (secondary N) is 1. The quantitative estimate of drug-likeness (QED) is 0.809. The van der Waals surface area contributed by atoms with Gasteiger partial charge in [0.15, 0.2) is 6.04 Å². The molecule has 2 rings (SSSR count). The molecule has 1 fully saturated rings. The summed E-state index contributed by atoms with van der Waals surface area (Å²) in [6, 6.07) is 9.20. The Balaban J connectivity index is 2.07. The van der Waals surface area contributed by atoms with Crippen LogP contribution in [-0.2, 0) is 14.3 Å². The molecule has 1 aromatic rings. The van der Waals surface area contributed by atoms with Gasteiger partial charge in [0.1, 0.15) is 0 Å². The van der Waals surface area contributed by atoms with Crippen molar-refractivity contribution in [2.45, 2.75) is 25.0 Å². The van der Waals surface area contributed by atoms with Crippen LogP contribution >= 0.6 is 0 Å². The maximum absolute atomic E-state index is 11.7. The number of methoxy groups -OCH3 is 1. The molecule has 4 nitrogen and oxygen atoms in total. The van der Waals surface area contributed by atoms with Crippen molar-refractivity contribution in [3.8, 4) is 0 Å². The second-order valence-electron chi connectivity index (χ2n) is 4.06. The molecule has 92 valence electrons. The van der Waals surface area contributed by atoms with Crippen molar-refractivity contribution in [1.29, 1.82) is 0 Å². The van der Waals surface area contributed by atoms with Crippen molar-refractivity contribution in [3.63, 3.8) is 0 Å². The van der Waals surface area contributed by atoms with Crippen molar-refractivity contribution >= 4 is 11.7 Å². The largest absolute Gasteiger partial charge is 0.467 e. The van der Waals surface area contributed by atoms with E-state index in [9.17, 15) is 4.79 Å². The van der Waals surface area contributed by atoms with Gasteiger partial charge in [0, 0.05) is 12.3 Å². The van der Waals surface area contributed by atoms with E-state index in [-0.39, 0.29) is 12.1 Å². The summed E-state index contributed by atoms with van der Waals surface area (Å²) in [6.07, 6.45) is 1.79. The molecule has 1 aliphatic heterocycles. The Morgan fingerprint density at radius 2 is 2.24 bits per heavy atom. The van der Waals surface area contributed by atoms with E-state index < -0.39 is 6.04 Å². The minimum atomic E-state index is -0.426. The van der Waals surface area contributed by atoms with Gasteiger partial charge >= 0.3 is 5.97 Å². The van der Waals surface area contributed by atoms with E-state index >= 15 is 0 Å². The third-order valence-electron chi connectivity index (χ3n) is 2.89. The number of rotatable bonds is 4. The molecular formula is C13H17NO3. The number of ether oxygens (including phenoxy) is 2. The van der Waals surface area contributed by atoms with Crippen LogP contribution in [0.25, 0.3) is 0 Å². The van der Waals surface area contributed by atoms with Crippen molar-refractivity contribution in [3.05, 3.63) is 30.3 Å². The predicted octanol–water partition coefficient (Wildman–Crippen LogP) is 1.82. The molecule has 2 atom stereocenters. The lowest BCUT2D eigenvalue weighted by Gasteiger charge is -2.22. The van der Waals surface area contributed by atoms with E-state index in [1.807, 2.05) is 30.3 Å². The smallest absolute Gasteiger partial charge is 0.331 e. The first-order chi connectivity index (χ1) is 8.31. The van der Waals surface area contributed by atoms with E-state index in [0.717, 1.165) is 18.5 Å². The maximum atomic E-state index is 11.7. The van der Waals surface area contributed by atoms with E-state index in [4.69, 9.17) is 9.47 Å². The summed E-state index contributed by atoms with van der Waals surface area (Å²) in [4.78, 5) is 11.7. The van der Waals surface area contributed by atoms with Crippen molar-refractivity contribution in [1.82, 2.24) is 0 Å². The van der Waals surface area contributed by atoms with Gasteiger partial charge in [-0.05, 0) is 25.0 Å². The second kappa shape index (κ2) is 5.68.